The second-order valence-electron chi connectivity index (χ2n) is 6.12. The van der Waals surface area contributed by atoms with Crippen LogP contribution in [0.5, 0.6) is 0 Å². The van der Waals surface area contributed by atoms with Crippen molar-refractivity contribution >= 4 is 38.4 Å². The Balaban J connectivity index is 2.37. The number of amides is 1. The Labute approximate surface area is 168 Å². The average Bonchev–Trinajstić information content (AvgIpc) is 3.01. The third-order valence-electron chi connectivity index (χ3n) is 3.89. The molecule has 1 heterocycles. The fourth-order valence-electron chi connectivity index (χ4n) is 2.31. The van der Waals surface area contributed by atoms with E-state index in [-0.39, 0.29) is 19.7 Å². The minimum absolute atomic E-state index is 0.201. The van der Waals surface area contributed by atoms with E-state index in [1.54, 1.807) is 13.8 Å². The largest absolute Gasteiger partial charge is 0.462 e. The van der Waals surface area contributed by atoms with Crippen LogP contribution >= 0.6 is 11.3 Å². The number of hydrogen-bond donors (Lipinski definition) is 0. The molecule has 10 heteroatoms. The highest BCUT2D eigenvalue weighted by atomic mass is 32.2. The van der Waals surface area contributed by atoms with E-state index in [0.717, 1.165) is 27.5 Å². The summed E-state index contributed by atoms with van der Waals surface area (Å²) in [4.78, 5) is 31.0. The monoisotopic (exact) mass is 425 g/mol. The number of carbonyl (C=O) groups excluding carboxylic acids is 2. The van der Waals surface area contributed by atoms with E-state index in [2.05, 4.69) is 4.98 Å². The van der Waals surface area contributed by atoms with Crippen LogP contribution in [0.2, 0.25) is 0 Å². The third kappa shape index (κ3) is 5.60. The summed E-state index contributed by atoms with van der Waals surface area (Å²) in [5.74, 6) is -0.940. The van der Waals surface area contributed by atoms with Crippen molar-refractivity contribution in [1.29, 1.82) is 0 Å². The van der Waals surface area contributed by atoms with E-state index in [0.29, 0.717) is 15.7 Å². The van der Waals surface area contributed by atoms with Gasteiger partial charge in [0.25, 0.3) is 0 Å². The molecule has 152 valence electrons. The molecule has 0 aliphatic carbocycles. The Morgan fingerprint density at radius 3 is 2.43 bits per heavy atom. The molecule has 0 atom stereocenters. The SMILES string of the molecule is CCOC(=O)c1sc(N(Cc2ccccc2)C(=O)CN(C)S(C)(=O)=O)nc1C. The Hall–Kier alpha value is -2.30. The van der Waals surface area contributed by atoms with Gasteiger partial charge >= 0.3 is 5.97 Å². The number of ether oxygens (including phenoxy) is 1. The zero-order chi connectivity index (χ0) is 20.9. The molecule has 0 aliphatic rings. The van der Waals surface area contributed by atoms with Crippen molar-refractivity contribution in [3.05, 3.63) is 46.5 Å². The summed E-state index contributed by atoms with van der Waals surface area (Å²) in [6, 6.07) is 9.26. The van der Waals surface area contributed by atoms with E-state index in [1.807, 2.05) is 30.3 Å². The van der Waals surface area contributed by atoms with Gasteiger partial charge in [-0.1, -0.05) is 41.7 Å². The molecule has 2 aromatic rings. The third-order valence-corrected chi connectivity index (χ3v) is 6.31. The van der Waals surface area contributed by atoms with Crippen LogP contribution in [0.3, 0.4) is 0 Å². The van der Waals surface area contributed by atoms with E-state index in [1.165, 1.54) is 11.9 Å². The lowest BCUT2D eigenvalue weighted by Crippen LogP contribution is -2.40. The first-order valence-corrected chi connectivity index (χ1v) is 11.2. The number of sulfonamides is 1. The summed E-state index contributed by atoms with van der Waals surface area (Å²) in [5, 5.41) is 0.316. The number of likely N-dealkylation sites (N-methyl/N-ethyl adjacent to an activating group) is 1. The van der Waals surface area contributed by atoms with Crippen molar-refractivity contribution in [2.45, 2.75) is 20.4 Å². The standard InChI is InChI=1S/C18H23N3O5S2/c1-5-26-17(23)16-13(2)19-18(27-16)21(11-14-9-7-6-8-10-14)15(22)12-20(3)28(4,24)25/h6-10H,5,11-12H2,1-4H3. The predicted molar refractivity (Wildman–Crippen MR) is 108 cm³/mol. The Morgan fingerprint density at radius 1 is 1.21 bits per heavy atom. The highest BCUT2D eigenvalue weighted by Gasteiger charge is 2.26. The molecule has 1 aromatic carbocycles. The van der Waals surface area contributed by atoms with Gasteiger partial charge in [0.05, 0.1) is 31.6 Å². The van der Waals surface area contributed by atoms with E-state index < -0.39 is 21.9 Å². The lowest BCUT2D eigenvalue weighted by atomic mass is 10.2. The number of anilines is 1. The fourth-order valence-corrected chi connectivity index (χ4v) is 3.63. The summed E-state index contributed by atoms with van der Waals surface area (Å²) >= 11 is 1.05. The topological polar surface area (TPSA) is 96.9 Å². The van der Waals surface area contributed by atoms with Gasteiger partial charge in [-0.2, -0.15) is 4.31 Å². The number of aryl methyl sites for hydroxylation is 1. The maximum atomic E-state index is 12.9. The molecule has 0 fully saturated rings. The highest BCUT2D eigenvalue weighted by molar-refractivity contribution is 7.88. The number of nitrogens with zero attached hydrogens (tertiary/aromatic N) is 3. The number of aromatic nitrogens is 1. The number of thiazole rings is 1. The summed E-state index contributed by atoms with van der Waals surface area (Å²) in [6.07, 6.45) is 1.04. The van der Waals surface area contributed by atoms with Crippen LogP contribution in [-0.2, 0) is 26.1 Å². The second kappa shape index (κ2) is 9.26. The highest BCUT2D eigenvalue weighted by Crippen LogP contribution is 2.28. The first-order valence-electron chi connectivity index (χ1n) is 8.53. The molecule has 0 saturated carbocycles. The molecule has 0 radical (unpaired) electrons. The smallest absolute Gasteiger partial charge is 0.350 e. The van der Waals surface area contributed by atoms with Crippen molar-refractivity contribution in [3.8, 4) is 0 Å². The molecule has 2 rings (SSSR count). The number of carbonyl (C=O) groups is 2. The van der Waals surface area contributed by atoms with Crippen LogP contribution in [0.4, 0.5) is 5.13 Å². The molecule has 0 saturated heterocycles. The van der Waals surface area contributed by atoms with Crippen LogP contribution in [-0.4, -0.2) is 56.0 Å². The van der Waals surface area contributed by atoms with Gasteiger partial charge in [0.2, 0.25) is 15.9 Å². The first-order chi connectivity index (χ1) is 13.1. The molecule has 0 aliphatic heterocycles. The number of benzene rings is 1. The minimum atomic E-state index is -3.52. The molecule has 0 unspecified atom stereocenters. The van der Waals surface area contributed by atoms with Gasteiger partial charge in [-0.15, -0.1) is 0 Å². The van der Waals surface area contributed by atoms with Crippen LogP contribution in [0, 0.1) is 6.92 Å². The van der Waals surface area contributed by atoms with Crippen molar-refractivity contribution in [2.24, 2.45) is 0 Å². The van der Waals surface area contributed by atoms with Crippen LogP contribution < -0.4 is 4.90 Å². The average molecular weight is 426 g/mol. The van der Waals surface area contributed by atoms with Crippen LogP contribution in [0.1, 0.15) is 27.9 Å². The van der Waals surface area contributed by atoms with Gasteiger partial charge in [-0.3, -0.25) is 9.69 Å². The molecule has 28 heavy (non-hydrogen) atoms. The molecular formula is C18H23N3O5S2. The molecule has 0 N–H and O–H groups in total. The lowest BCUT2D eigenvalue weighted by Gasteiger charge is -2.22. The van der Waals surface area contributed by atoms with Crippen molar-refractivity contribution < 1.29 is 22.7 Å². The van der Waals surface area contributed by atoms with Crippen molar-refractivity contribution in [2.75, 3.05) is 31.4 Å². The summed E-state index contributed by atoms with van der Waals surface area (Å²) < 4.78 is 29.4. The molecular weight excluding hydrogens is 402 g/mol. The quantitative estimate of drug-likeness (QED) is 0.601. The zero-order valence-electron chi connectivity index (χ0n) is 16.2. The van der Waals surface area contributed by atoms with Gasteiger partial charge < -0.3 is 4.74 Å². The summed E-state index contributed by atoms with van der Waals surface area (Å²) in [7, 11) is -2.18. The van der Waals surface area contributed by atoms with Crippen LogP contribution in [0.15, 0.2) is 30.3 Å². The molecule has 1 aromatic heterocycles. The maximum absolute atomic E-state index is 12.9. The minimum Gasteiger partial charge on any atom is -0.462 e. The Kier molecular flexibility index (Phi) is 7.28. The van der Waals surface area contributed by atoms with Gasteiger partial charge in [0, 0.05) is 7.05 Å². The van der Waals surface area contributed by atoms with E-state index in [9.17, 15) is 18.0 Å². The molecule has 1 amide bonds. The normalized spacial score (nSPS) is 11.5. The second-order valence-corrected chi connectivity index (χ2v) is 9.18. The Bertz CT molecular complexity index is 941. The van der Waals surface area contributed by atoms with Gasteiger partial charge in [-0.25, -0.2) is 18.2 Å². The van der Waals surface area contributed by atoms with E-state index >= 15 is 0 Å². The molecule has 8 nitrogen and oxygen atoms in total. The summed E-state index contributed by atoms with van der Waals surface area (Å²) in [6.45, 7) is 3.48. The first kappa shape index (κ1) is 22.0. The zero-order valence-corrected chi connectivity index (χ0v) is 17.8. The maximum Gasteiger partial charge on any atom is 0.350 e. The predicted octanol–water partition coefficient (Wildman–Crippen LogP) is 2.05. The van der Waals surface area contributed by atoms with Gasteiger partial charge in [-0.05, 0) is 19.4 Å². The van der Waals surface area contributed by atoms with Crippen LogP contribution in [0.25, 0.3) is 0 Å². The van der Waals surface area contributed by atoms with Crippen molar-refractivity contribution in [3.63, 3.8) is 0 Å². The molecule has 0 spiro atoms. The number of hydrogen-bond acceptors (Lipinski definition) is 7. The summed E-state index contributed by atoms with van der Waals surface area (Å²) in [5.41, 5.74) is 1.31. The Morgan fingerprint density at radius 2 is 1.86 bits per heavy atom. The number of rotatable bonds is 8. The van der Waals surface area contributed by atoms with Gasteiger partial charge in [0.1, 0.15) is 4.88 Å². The lowest BCUT2D eigenvalue weighted by molar-refractivity contribution is -0.118. The van der Waals surface area contributed by atoms with Crippen molar-refractivity contribution in [1.82, 2.24) is 9.29 Å². The van der Waals surface area contributed by atoms with Gasteiger partial charge in [0.15, 0.2) is 5.13 Å². The van der Waals surface area contributed by atoms with E-state index in [4.69, 9.17) is 4.74 Å². The fraction of sp³-hybridized carbons (Fsp3) is 0.389. The molecule has 0 bridgehead atoms. The number of esters is 1.